The van der Waals surface area contributed by atoms with Gasteiger partial charge in [-0.2, -0.15) is 0 Å². The van der Waals surface area contributed by atoms with Gasteiger partial charge in [0.2, 0.25) is 11.8 Å². The topological polar surface area (TPSA) is 81.2 Å². The smallest absolute Gasteiger partial charge is 0.243 e. The molecule has 0 aliphatic rings. The Balaban J connectivity index is 1.92. The van der Waals surface area contributed by atoms with Gasteiger partial charge >= 0.3 is 0 Å². The van der Waals surface area contributed by atoms with E-state index in [-0.39, 0.29) is 5.91 Å². The van der Waals surface area contributed by atoms with E-state index in [1.165, 1.54) is 12.6 Å². The highest BCUT2D eigenvalue weighted by atomic mass is 16.4. The molecule has 5 nitrogen and oxygen atoms in total. The molecule has 1 amide bonds. The summed E-state index contributed by atoms with van der Waals surface area (Å²) in [6.07, 6.45) is 3.16. The lowest BCUT2D eigenvalue weighted by molar-refractivity contribution is -0.117. The number of nitrogens with two attached hydrogens (primary N) is 1. The Kier molecular flexibility index (Phi) is 3.52. The monoisotopic (exact) mass is 231 g/mol. The standard InChI is InChI=1S/C12H13N3O2/c13-10(6-9-4-2-1-3-5-9)12(16)15-11-7-14-8-17-11/h1-5,7-8,10H,6,13H2,(H,15,16)/t10-/m0/s1. The van der Waals surface area contributed by atoms with Crippen LogP contribution in [0.3, 0.4) is 0 Å². The SMILES string of the molecule is N[C@@H](Cc1ccccc1)C(=O)Nc1cnco1. The number of benzene rings is 1. The molecule has 1 aromatic heterocycles. The van der Waals surface area contributed by atoms with Crippen molar-refractivity contribution in [3.05, 3.63) is 48.5 Å². The number of carbonyl (C=O) groups excluding carboxylic acids is 1. The Bertz CT molecular complexity index is 468. The van der Waals surface area contributed by atoms with Crippen molar-refractivity contribution in [2.75, 3.05) is 5.32 Å². The summed E-state index contributed by atoms with van der Waals surface area (Å²) < 4.78 is 4.91. The van der Waals surface area contributed by atoms with E-state index < -0.39 is 6.04 Å². The first-order chi connectivity index (χ1) is 8.25. The van der Waals surface area contributed by atoms with Crippen molar-refractivity contribution in [1.29, 1.82) is 0 Å². The third kappa shape index (κ3) is 3.15. The van der Waals surface area contributed by atoms with E-state index in [1.54, 1.807) is 0 Å². The minimum absolute atomic E-state index is 0.286. The maximum absolute atomic E-state index is 11.7. The summed E-state index contributed by atoms with van der Waals surface area (Å²) in [4.78, 5) is 15.4. The average molecular weight is 231 g/mol. The van der Waals surface area contributed by atoms with Gasteiger partial charge in [-0.25, -0.2) is 4.98 Å². The molecule has 0 saturated carbocycles. The molecular formula is C12H13N3O2. The van der Waals surface area contributed by atoms with Gasteiger partial charge in [0.15, 0.2) is 6.39 Å². The number of oxazole rings is 1. The summed E-state index contributed by atoms with van der Waals surface area (Å²) in [6, 6.07) is 9.00. The molecule has 5 heteroatoms. The van der Waals surface area contributed by atoms with Crippen LogP contribution in [0.1, 0.15) is 5.56 Å². The fourth-order valence-corrected chi connectivity index (χ4v) is 1.45. The van der Waals surface area contributed by atoms with Crippen LogP contribution in [0.15, 0.2) is 47.3 Å². The lowest BCUT2D eigenvalue weighted by Crippen LogP contribution is -2.37. The van der Waals surface area contributed by atoms with Crippen LogP contribution in [0, 0.1) is 0 Å². The van der Waals surface area contributed by atoms with Crippen LogP contribution >= 0.6 is 0 Å². The first-order valence-corrected chi connectivity index (χ1v) is 5.24. The number of nitrogens with zero attached hydrogens (tertiary/aromatic N) is 1. The molecule has 88 valence electrons. The molecule has 0 unspecified atom stereocenters. The van der Waals surface area contributed by atoms with E-state index in [0.717, 1.165) is 5.56 Å². The van der Waals surface area contributed by atoms with Gasteiger partial charge in [-0.05, 0) is 12.0 Å². The predicted molar refractivity (Wildman–Crippen MR) is 63.3 cm³/mol. The second-order valence-corrected chi connectivity index (χ2v) is 3.65. The van der Waals surface area contributed by atoms with Gasteiger partial charge < -0.3 is 10.2 Å². The molecule has 2 rings (SSSR count). The van der Waals surface area contributed by atoms with Gasteiger partial charge in [0.1, 0.15) is 0 Å². The Morgan fingerprint density at radius 1 is 1.41 bits per heavy atom. The molecule has 17 heavy (non-hydrogen) atoms. The summed E-state index contributed by atoms with van der Waals surface area (Å²) in [5, 5.41) is 2.55. The molecule has 0 bridgehead atoms. The highest BCUT2D eigenvalue weighted by molar-refractivity contribution is 5.93. The maximum atomic E-state index is 11.7. The van der Waals surface area contributed by atoms with Crippen molar-refractivity contribution in [1.82, 2.24) is 4.98 Å². The quantitative estimate of drug-likeness (QED) is 0.828. The zero-order chi connectivity index (χ0) is 12.1. The molecule has 0 spiro atoms. The van der Waals surface area contributed by atoms with Crippen LogP contribution in [-0.4, -0.2) is 16.9 Å². The second kappa shape index (κ2) is 5.27. The highest BCUT2D eigenvalue weighted by Gasteiger charge is 2.15. The minimum Gasteiger partial charge on any atom is -0.428 e. The largest absolute Gasteiger partial charge is 0.428 e. The number of carbonyl (C=O) groups is 1. The first-order valence-electron chi connectivity index (χ1n) is 5.24. The van der Waals surface area contributed by atoms with Crippen LogP contribution in [-0.2, 0) is 11.2 Å². The molecule has 1 heterocycles. The summed E-state index contributed by atoms with van der Waals surface area (Å²) in [5.74, 6) is 0.0177. The molecular weight excluding hydrogens is 218 g/mol. The fraction of sp³-hybridized carbons (Fsp3) is 0.167. The van der Waals surface area contributed by atoms with E-state index >= 15 is 0 Å². The molecule has 0 radical (unpaired) electrons. The second-order valence-electron chi connectivity index (χ2n) is 3.65. The number of hydrogen-bond donors (Lipinski definition) is 2. The van der Waals surface area contributed by atoms with Gasteiger partial charge in [-0.3, -0.25) is 10.1 Å². The number of anilines is 1. The van der Waals surface area contributed by atoms with Gasteiger partial charge in [-0.15, -0.1) is 0 Å². The molecule has 3 N–H and O–H groups in total. The van der Waals surface area contributed by atoms with E-state index in [0.29, 0.717) is 12.3 Å². The molecule has 0 aliphatic heterocycles. The van der Waals surface area contributed by atoms with Crippen molar-refractivity contribution in [2.24, 2.45) is 5.73 Å². The van der Waals surface area contributed by atoms with Gasteiger partial charge in [0.25, 0.3) is 0 Å². The molecule has 0 aliphatic carbocycles. The number of nitrogens with one attached hydrogen (secondary N) is 1. The fourth-order valence-electron chi connectivity index (χ4n) is 1.45. The molecule has 1 aromatic carbocycles. The zero-order valence-corrected chi connectivity index (χ0v) is 9.17. The lowest BCUT2D eigenvalue weighted by Gasteiger charge is -2.10. The Labute approximate surface area is 98.6 Å². The maximum Gasteiger partial charge on any atom is 0.243 e. The molecule has 0 saturated heterocycles. The average Bonchev–Trinajstić information content (AvgIpc) is 2.83. The van der Waals surface area contributed by atoms with E-state index in [4.69, 9.17) is 10.2 Å². The van der Waals surface area contributed by atoms with Crippen LogP contribution in [0.5, 0.6) is 0 Å². The number of rotatable bonds is 4. The van der Waals surface area contributed by atoms with Crippen molar-refractivity contribution < 1.29 is 9.21 Å². The van der Waals surface area contributed by atoms with Gasteiger partial charge in [-0.1, -0.05) is 30.3 Å². The van der Waals surface area contributed by atoms with Crippen molar-refractivity contribution in [2.45, 2.75) is 12.5 Å². The van der Waals surface area contributed by atoms with E-state index in [1.807, 2.05) is 30.3 Å². The minimum atomic E-state index is -0.609. The Morgan fingerprint density at radius 2 is 2.18 bits per heavy atom. The Morgan fingerprint density at radius 3 is 2.82 bits per heavy atom. The van der Waals surface area contributed by atoms with Crippen LogP contribution in [0.2, 0.25) is 0 Å². The first kappa shape index (κ1) is 11.3. The van der Waals surface area contributed by atoms with Gasteiger partial charge in [0, 0.05) is 0 Å². The van der Waals surface area contributed by atoms with Crippen LogP contribution in [0.4, 0.5) is 5.88 Å². The van der Waals surface area contributed by atoms with Crippen molar-refractivity contribution >= 4 is 11.8 Å². The van der Waals surface area contributed by atoms with Gasteiger partial charge in [0.05, 0.1) is 12.2 Å². The molecule has 1 atom stereocenters. The number of amides is 1. The van der Waals surface area contributed by atoms with Crippen molar-refractivity contribution in [3.8, 4) is 0 Å². The van der Waals surface area contributed by atoms with E-state index in [2.05, 4.69) is 10.3 Å². The molecule has 0 fully saturated rings. The normalized spacial score (nSPS) is 12.1. The summed E-state index contributed by atoms with van der Waals surface area (Å²) in [5.41, 5.74) is 6.81. The zero-order valence-electron chi connectivity index (χ0n) is 9.17. The van der Waals surface area contributed by atoms with Crippen LogP contribution < -0.4 is 11.1 Å². The summed E-state index contributed by atoms with van der Waals surface area (Å²) >= 11 is 0. The van der Waals surface area contributed by atoms with Crippen LogP contribution in [0.25, 0.3) is 0 Å². The summed E-state index contributed by atoms with van der Waals surface area (Å²) in [6.45, 7) is 0. The van der Waals surface area contributed by atoms with Crippen molar-refractivity contribution in [3.63, 3.8) is 0 Å². The summed E-state index contributed by atoms with van der Waals surface area (Å²) in [7, 11) is 0. The highest BCUT2D eigenvalue weighted by Crippen LogP contribution is 2.06. The number of aromatic nitrogens is 1. The lowest BCUT2D eigenvalue weighted by atomic mass is 10.1. The molecule has 2 aromatic rings. The van der Waals surface area contributed by atoms with E-state index in [9.17, 15) is 4.79 Å². The Hall–Kier alpha value is -2.14. The predicted octanol–water partition coefficient (Wildman–Crippen LogP) is 1.18. The third-order valence-electron chi connectivity index (χ3n) is 2.31. The third-order valence-corrected chi connectivity index (χ3v) is 2.31. The number of hydrogen-bond acceptors (Lipinski definition) is 4.